The van der Waals surface area contributed by atoms with Crippen LogP contribution in [0.5, 0.6) is 5.75 Å². The molecular formula is C15H24O2. The lowest BCUT2D eigenvalue weighted by Gasteiger charge is -2.29. The van der Waals surface area contributed by atoms with Crippen molar-refractivity contribution in [3.05, 3.63) is 30.3 Å². The van der Waals surface area contributed by atoms with Gasteiger partial charge in [-0.25, -0.2) is 0 Å². The molecule has 0 atom stereocenters. The van der Waals surface area contributed by atoms with Gasteiger partial charge in [0.25, 0.3) is 0 Å². The van der Waals surface area contributed by atoms with Gasteiger partial charge < -0.3 is 9.84 Å². The van der Waals surface area contributed by atoms with E-state index in [1.165, 1.54) is 0 Å². The van der Waals surface area contributed by atoms with Gasteiger partial charge in [0, 0.05) is 6.61 Å². The molecule has 1 aromatic carbocycles. The number of aliphatic hydroxyl groups excluding tert-OH is 1. The fourth-order valence-electron chi connectivity index (χ4n) is 2.06. The van der Waals surface area contributed by atoms with Crippen molar-refractivity contribution >= 4 is 0 Å². The van der Waals surface area contributed by atoms with E-state index in [4.69, 9.17) is 4.74 Å². The summed E-state index contributed by atoms with van der Waals surface area (Å²) in [6, 6.07) is 9.88. The topological polar surface area (TPSA) is 29.5 Å². The minimum absolute atomic E-state index is 0.0973. The summed E-state index contributed by atoms with van der Waals surface area (Å²) in [5.41, 5.74) is 0.0973. The quantitative estimate of drug-likeness (QED) is 0.698. The van der Waals surface area contributed by atoms with E-state index in [2.05, 4.69) is 13.8 Å². The van der Waals surface area contributed by atoms with Crippen LogP contribution in [0.4, 0.5) is 0 Å². The number of ether oxygens (including phenoxy) is 1. The second-order valence-corrected chi connectivity index (χ2v) is 4.63. The monoisotopic (exact) mass is 236 g/mol. The Morgan fingerprint density at radius 1 is 1.12 bits per heavy atom. The molecule has 17 heavy (non-hydrogen) atoms. The highest BCUT2D eigenvalue weighted by Crippen LogP contribution is 2.31. The standard InChI is InChI=1S/C15H24O2/c1-3-15(4-2,13-16)11-8-12-17-14-9-6-5-7-10-14/h5-7,9-10,16H,3-4,8,11-13H2,1-2H3. The molecule has 0 heterocycles. The highest BCUT2D eigenvalue weighted by Gasteiger charge is 2.24. The minimum Gasteiger partial charge on any atom is -0.494 e. The van der Waals surface area contributed by atoms with Gasteiger partial charge in [-0.3, -0.25) is 0 Å². The Morgan fingerprint density at radius 2 is 1.76 bits per heavy atom. The van der Waals surface area contributed by atoms with E-state index in [-0.39, 0.29) is 12.0 Å². The molecule has 2 nitrogen and oxygen atoms in total. The highest BCUT2D eigenvalue weighted by atomic mass is 16.5. The zero-order chi connectivity index (χ0) is 12.6. The number of aliphatic hydroxyl groups is 1. The Hall–Kier alpha value is -1.02. The summed E-state index contributed by atoms with van der Waals surface area (Å²) in [7, 11) is 0. The van der Waals surface area contributed by atoms with Crippen LogP contribution in [0.1, 0.15) is 39.5 Å². The molecule has 0 unspecified atom stereocenters. The van der Waals surface area contributed by atoms with Gasteiger partial charge in [-0.1, -0.05) is 32.0 Å². The smallest absolute Gasteiger partial charge is 0.119 e. The van der Waals surface area contributed by atoms with Crippen molar-refractivity contribution in [2.24, 2.45) is 5.41 Å². The van der Waals surface area contributed by atoms with Gasteiger partial charge >= 0.3 is 0 Å². The third-order valence-corrected chi connectivity index (χ3v) is 3.70. The molecular weight excluding hydrogens is 212 g/mol. The molecule has 1 aromatic rings. The molecule has 0 amide bonds. The highest BCUT2D eigenvalue weighted by molar-refractivity contribution is 5.20. The van der Waals surface area contributed by atoms with Crippen LogP contribution in [-0.4, -0.2) is 18.3 Å². The van der Waals surface area contributed by atoms with Crippen LogP contribution in [0.2, 0.25) is 0 Å². The Labute approximate surface area is 105 Å². The van der Waals surface area contributed by atoms with Crippen molar-refractivity contribution in [3.8, 4) is 5.75 Å². The summed E-state index contributed by atoms with van der Waals surface area (Å²) >= 11 is 0. The molecule has 0 aliphatic heterocycles. The van der Waals surface area contributed by atoms with E-state index < -0.39 is 0 Å². The van der Waals surface area contributed by atoms with Gasteiger partial charge in [0.05, 0.1) is 6.61 Å². The lowest BCUT2D eigenvalue weighted by molar-refractivity contribution is 0.0974. The summed E-state index contributed by atoms with van der Waals surface area (Å²) in [5, 5.41) is 9.45. The van der Waals surface area contributed by atoms with E-state index >= 15 is 0 Å². The molecule has 96 valence electrons. The third-order valence-electron chi connectivity index (χ3n) is 3.70. The Morgan fingerprint density at radius 3 is 2.29 bits per heavy atom. The van der Waals surface area contributed by atoms with Crippen molar-refractivity contribution < 1.29 is 9.84 Å². The van der Waals surface area contributed by atoms with Crippen LogP contribution in [-0.2, 0) is 0 Å². The number of hydrogen-bond acceptors (Lipinski definition) is 2. The van der Waals surface area contributed by atoms with Crippen LogP contribution in [0.15, 0.2) is 30.3 Å². The SMILES string of the molecule is CCC(CC)(CO)CCCOc1ccccc1. The van der Waals surface area contributed by atoms with Crippen LogP contribution in [0, 0.1) is 5.41 Å². The third kappa shape index (κ3) is 4.39. The molecule has 0 aliphatic rings. The minimum atomic E-state index is 0.0973. The normalized spacial score (nSPS) is 11.5. The molecule has 0 saturated carbocycles. The maximum atomic E-state index is 9.45. The van der Waals surface area contributed by atoms with Crippen LogP contribution >= 0.6 is 0 Å². The van der Waals surface area contributed by atoms with Crippen molar-refractivity contribution in [3.63, 3.8) is 0 Å². The lowest BCUT2D eigenvalue weighted by Crippen LogP contribution is -2.24. The second-order valence-electron chi connectivity index (χ2n) is 4.63. The predicted molar refractivity (Wildman–Crippen MR) is 71.3 cm³/mol. The van der Waals surface area contributed by atoms with Gasteiger partial charge in [0.2, 0.25) is 0 Å². The van der Waals surface area contributed by atoms with Crippen LogP contribution in [0.3, 0.4) is 0 Å². The molecule has 0 aliphatic carbocycles. The molecule has 0 spiro atoms. The maximum Gasteiger partial charge on any atom is 0.119 e. The van der Waals surface area contributed by atoms with Gasteiger partial charge in [-0.05, 0) is 43.2 Å². The summed E-state index contributed by atoms with van der Waals surface area (Å²) in [5.74, 6) is 0.926. The fraction of sp³-hybridized carbons (Fsp3) is 0.600. The fourth-order valence-corrected chi connectivity index (χ4v) is 2.06. The van der Waals surface area contributed by atoms with Crippen molar-refractivity contribution in [1.82, 2.24) is 0 Å². The molecule has 1 N–H and O–H groups in total. The number of para-hydroxylation sites is 1. The molecule has 0 aromatic heterocycles. The largest absolute Gasteiger partial charge is 0.494 e. The summed E-state index contributed by atoms with van der Waals surface area (Å²) < 4.78 is 5.65. The first kappa shape index (κ1) is 14.0. The van der Waals surface area contributed by atoms with Gasteiger partial charge in [-0.2, -0.15) is 0 Å². The summed E-state index contributed by atoms with van der Waals surface area (Å²) in [6.45, 7) is 5.31. The average molecular weight is 236 g/mol. The molecule has 1 rings (SSSR count). The van der Waals surface area contributed by atoms with Gasteiger partial charge in [-0.15, -0.1) is 0 Å². The van der Waals surface area contributed by atoms with Crippen LogP contribution < -0.4 is 4.74 Å². The van der Waals surface area contributed by atoms with Crippen molar-refractivity contribution in [2.75, 3.05) is 13.2 Å². The first-order valence-electron chi connectivity index (χ1n) is 6.55. The predicted octanol–water partition coefficient (Wildman–Crippen LogP) is 3.64. The van der Waals surface area contributed by atoms with E-state index in [0.717, 1.165) is 38.0 Å². The summed E-state index contributed by atoms with van der Waals surface area (Å²) in [6.07, 6.45) is 4.09. The van der Waals surface area contributed by atoms with E-state index in [0.29, 0.717) is 0 Å². The summed E-state index contributed by atoms with van der Waals surface area (Å²) in [4.78, 5) is 0. The zero-order valence-electron chi connectivity index (χ0n) is 11.0. The van der Waals surface area contributed by atoms with E-state index in [9.17, 15) is 5.11 Å². The van der Waals surface area contributed by atoms with Crippen molar-refractivity contribution in [1.29, 1.82) is 0 Å². The van der Waals surface area contributed by atoms with E-state index in [1.807, 2.05) is 30.3 Å². The van der Waals surface area contributed by atoms with Gasteiger partial charge in [0.15, 0.2) is 0 Å². The number of hydrogen-bond donors (Lipinski definition) is 1. The maximum absolute atomic E-state index is 9.45. The van der Waals surface area contributed by atoms with Crippen LogP contribution in [0.25, 0.3) is 0 Å². The number of benzene rings is 1. The Kier molecular flexibility index (Phi) is 6.06. The first-order valence-corrected chi connectivity index (χ1v) is 6.55. The lowest BCUT2D eigenvalue weighted by atomic mass is 9.79. The Bertz CT molecular complexity index is 283. The second kappa shape index (κ2) is 7.33. The van der Waals surface area contributed by atoms with E-state index in [1.54, 1.807) is 0 Å². The molecule has 0 bridgehead atoms. The first-order chi connectivity index (χ1) is 8.26. The number of rotatable bonds is 8. The molecule has 2 heteroatoms. The zero-order valence-corrected chi connectivity index (χ0v) is 11.0. The average Bonchev–Trinajstić information content (AvgIpc) is 2.41. The Balaban J connectivity index is 2.28. The molecule has 0 saturated heterocycles. The van der Waals surface area contributed by atoms with Crippen molar-refractivity contribution in [2.45, 2.75) is 39.5 Å². The molecule has 0 fully saturated rings. The molecule has 0 radical (unpaired) electrons. The van der Waals surface area contributed by atoms with Gasteiger partial charge in [0.1, 0.15) is 5.75 Å².